The number of carbonyl (C=O) groups is 1. The Kier molecular flexibility index (Phi) is 6.23. The van der Waals surface area contributed by atoms with Crippen molar-refractivity contribution in [3.63, 3.8) is 0 Å². The minimum Gasteiger partial charge on any atom is -0.503 e. The van der Waals surface area contributed by atoms with Gasteiger partial charge in [0.2, 0.25) is 0 Å². The molecule has 0 aliphatic heterocycles. The number of H-pyrrole nitrogens is 1. The Bertz CT molecular complexity index is 1450. The average molecular weight is 485 g/mol. The van der Waals surface area contributed by atoms with E-state index in [2.05, 4.69) is 30.7 Å². The second-order valence-electron chi connectivity index (χ2n) is 7.28. The first-order valence-corrected chi connectivity index (χ1v) is 10.2. The number of amides is 2. The smallest absolute Gasteiger partial charge is 0.435 e. The van der Waals surface area contributed by atoms with Crippen molar-refractivity contribution in [2.24, 2.45) is 0 Å². The number of hydrogen-bond donors (Lipinski definition) is 4. The summed E-state index contributed by atoms with van der Waals surface area (Å²) in [5, 5.41) is 18.4. The fourth-order valence-corrected chi connectivity index (χ4v) is 3.24. The Hall–Kier alpha value is -4.68. The van der Waals surface area contributed by atoms with E-state index >= 15 is 0 Å². The minimum atomic E-state index is -4.64. The van der Waals surface area contributed by atoms with Gasteiger partial charge >= 0.3 is 12.2 Å². The number of aromatic nitrogens is 5. The van der Waals surface area contributed by atoms with Gasteiger partial charge in [0.1, 0.15) is 5.82 Å². The van der Waals surface area contributed by atoms with Crippen molar-refractivity contribution < 1.29 is 23.1 Å². The number of nitrogens with one attached hydrogen (secondary N) is 3. The number of nitrogens with zero attached hydrogens (tertiary/aromatic N) is 4. The molecular weight excluding hydrogens is 467 g/mol. The Labute approximate surface area is 195 Å². The molecule has 180 valence electrons. The van der Waals surface area contributed by atoms with Crippen LogP contribution in [-0.4, -0.2) is 42.4 Å². The topological polar surface area (TPSA) is 138 Å². The van der Waals surface area contributed by atoms with Gasteiger partial charge in [-0.25, -0.2) is 14.5 Å². The monoisotopic (exact) mass is 485 g/mol. The molecule has 0 spiro atoms. The summed E-state index contributed by atoms with van der Waals surface area (Å²) in [6.45, 7) is 2.09. The molecule has 0 saturated heterocycles. The van der Waals surface area contributed by atoms with Crippen molar-refractivity contribution >= 4 is 11.8 Å². The Morgan fingerprint density at radius 2 is 1.91 bits per heavy atom. The zero-order chi connectivity index (χ0) is 25.2. The normalized spacial score (nSPS) is 11.3. The summed E-state index contributed by atoms with van der Waals surface area (Å²) in [6.07, 6.45) is 2.23. The number of alkyl halides is 3. The van der Waals surface area contributed by atoms with E-state index in [1.54, 1.807) is 13.0 Å². The molecule has 13 heteroatoms. The molecule has 10 nitrogen and oxygen atoms in total. The number of hydrogen-bond acceptors (Lipinski definition) is 6. The second kappa shape index (κ2) is 9.29. The van der Waals surface area contributed by atoms with Crippen LogP contribution in [0.3, 0.4) is 0 Å². The Morgan fingerprint density at radius 3 is 2.60 bits per heavy atom. The summed E-state index contributed by atoms with van der Waals surface area (Å²) in [6, 6.07) is 4.61. The molecule has 35 heavy (non-hydrogen) atoms. The fraction of sp³-hybridized carbons (Fsp3) is 0.136. The standard InChI is InChI=1S/C22H18F3N7O3/c1-2-27-21(35)30-19-7-16(32-4-3-18(31-32)22(23,24)25)15(11-28-19)14-5-12(8-26-9-14)13-6-17(33)20(34)29-10-13/h3-11,33H,2H2,1H3,(H,29,34)(H2,27,28,30,35). The van der Waals surface area contributed by atoms with E-state index in [0.29, 0.717) is 28.8 Å². The van der Waals surface area contributed by atoms with Crippen molar-refractivity contribution in [2.75, 3.05) is 11.9 Å². The van der Waals surface area contributed by atoms with Crippen LogP contribution in [0.4, 0.5) is 23.8 Å². The molecule has 0 unspecified atom stereocenters. The van der Waals surface area contributed by atoms with Crippen LogP contribution >= 0.6 is 0 Å². The number of anilines is 1. The Morgan fingerprint density at radius 1 is 1.14 bits per heavy atom. The number of rotatable bonds is 5. The van der Waals surface area contributed by atoms with Gasteiger partial charge in [-0.3, -0.25) is 15.1 Å². The lowest BCUT2D eigenvalue weighted by Gasteiger charge is -2.13. The molecular formula is C22H18F3N7O3. The summed E-state index contributed by atoms with van der Waals surface area (Å²) in [5.41, 5.74) is 0.258. The lowest BCUT2D eigenvalue weighted by molar-refractivity contribution is -0.141. The van der Waals surface area contributed by atoms with Crippen LogP contribution in [0.2, 0.25) is 0 Å². The summed E-state index contributed by atoms with van der Waals surface area (Å²) in [4.78, 5) is 34.1. The first-order chi connectivity index (χ1) is 16.7. The van der Waals surface area contributed by atoms with Gasteiger partial charge < -0.3 is 15.4 Å². The number of urea groups is 1. The molecule has 0 saturated carbocycles. The highest BCUT2D eigenvalue weighted by atomic mass is 19.4. The number of aromatic amines is 1. The first-order valence-electron chi connectivity index (χ1n) is 10.2. The summed E-state index contributed by atoms with van der Waals surface area (Å²) in [7, 11) is 0. The number of pyridine rings is 3. The predicted molar refractivity (Wildman–Crippen MR) is 120 cm³/mol. The lowest BCUT2D eigenvalue weighted by Crippen LogP contribution is -2.28. The predicted octanol–water partition coefficient (Wildman–Crippen LogP) is 3.55. The van der Waals surface area contributed by atoms with Gasteiger partial charge in [-0.05, 0) is 25.1 Å². The molecule has 4 N–H and O–H groups in total. The van der Waals surface area contributed by atoms with E-state index in [0.717, 1.165) is 16.9 Å². The van der Waals surface area contributed by atoms with Crippen LogP contribution in [0.1, 0.15) is 12.6 Å². The fourth-order valence-electron chi connectivity index (χ4n) is 3.24. The zero-order valence-electron chi connectivity index (χ0n) is 18.1. The van der Waals surface area contributed by atoms with Crippen LogP contribution in [-0.2, 0) is 6.18 Å². The van der Waals surface area contributed by atoms with E-state index in [1.807, 2.05) is 0 Å². The number of carbonyl (C=O) groups excluding carboxylic acids is 1. The molecule has 4 rings (SSSR count). The third-order valence-corrected chi connectivity index (χ3v) is 4.85. The largest absolute Gasteiger partial charge is 0.503 e. The highest BCUT2D eigenvalue weighted by Crippen LogP contribution is 2.32. The van der Waals surface area contributed by atoms with Crippen molar-refractivity contribution in [3.05, 3.63) is 71.3 Å². The van der Waals surface area contributed by atoms with Gasteiger partial charge in [-0.1, -0.05) is 0 Å². The molecule has 0 bridgehead atoms. The van der Waals surface area contributed by atoms with Gasteiger partial charge in [0, 0.05) is 65.8 Å². The SMILES string of the molecule is CCNC(=O)Nc1cc(-n2ccc(C(F)(F)F)n2)c(-c2cncc(-c3c[nH]c(=O)c(O)c3)c2)cn1. The van der Waals surface area contributed by atoms with E-state index in [9.17, 15) is 27.9 Å². The maximum Gasteiger partial charge on any atom is 0.435 e. The van der Waals surface area contributed by atoms with Gasteiger partial charge in [0.25, 0.3) is 5.56 Å². The molecule has 4 aromatic heterocycles. The van der Waals surface area contributed by atoms with Gasteiger partial charge in [0.05, 0.1) is 5.69 Å². The molecule has 2 amide bonds. The highest BCUT2D eigenvalue weighted by molar-refractivity contribution is 5.89. The van der Waals surface area contributed by atoms with Gasteiger partial charge in [0.15, 0.2) is 11.4 Å². The maximum absolute atomic E-state index is 13.2. The quantitative estimate of drug-likeness (QED) is 0.341. The molecule has 0 aliphatic rings. The minimum absolute atomic E-state index is 0.0911. The Balaban J connectivity index is 1.82. The van der Waals surface area contributed by atoms with Crippen molar-refractivity contribution in [1.29, 1.82) is 0 Å². The summed E-state index contributed by atoms with van der Waals surface area (Å²) >= 11 is 0. The third-order valence-electron chi connectivity index (χ3n) is 4.85. The first kappa shape index (κ1) is 23.5. The maximum atomic E-state index is 13.2. The van der Waals surface area contributed by atoms with Crippen LogP contribution in [0.15, 0.2) is 60.0 Å². The summed E-state index contributed by atoms with van der Waals surface area (Å²) < 4.78 is 40.5. The van der Waals surface area contributed by atoms with Crippen molar-refractivity contribution in [3.8, 4) is 33.7 Å². The van der Waals surface area contributed by atoms with Gasteiger partial charge in [-0.15, -0.1) is 0 Å². The molecule has 0 aliphatic carbocycles. The van der Waals surface area contributed by atoms with Crippen LogP contribution in [0.25, 0.3) is 27.9 Å². The average Bonchev–Trinajstić information content (AvgIpc) is 3.32. The number of aromatic hydroxyl groups is 1. The molecule has 0 fully saturated rings. The molecule has 4 aromatic rings. The molecule has 4 heterocycles. The second-order valence-corrected chi connectivity index (χ2v) is 7.28. The van der Waals surface area contributed by atoms with E-state index < -0.39 is 29.2 Å². The van der Waals surface area contributed by atoms with Crippen molar-refractivity contribution in [1.82, 2.24) is 30.0 Å². The molecule has 0 atom stereocenters. The lowest BCUT2D eigenvalue weighted by atomic mass is 10.0. The van der Waals surface area contributed by atoms with Gasteiger partial charge in [-0.2, -0.15) is 18.3 Å². The molecule has 0 radical (unpaired) electrons. The van der Waals surface area contributed by atoms with E-state index in [-0.39, 0.29) is 11.5 Å². The van der Waals surface area contributed by atoms with Crippen LogP contribution in [0.5, 0.6) is 5.75 Å². The summed E-state index contributed by atoms with van der Waals surface area (Å²) in [5.74, 6) is -0.388. The van der Waals surface area contributed by atoms with Crippen LogP contribution in [0, 0.1) is 0 Å². The van der Waals surface area contributed by atoms with E-state index in [4.69, 9.17) is 0 Å². The number of halogens is 3. The van der Waals surface area contributed by atoms with E-state index in [1.165, 1.54) is 36.9 Å². The van der Waals surface area contributed by atoms with Crippen LogP contribution < -0.4 is 16.2 Å². The van der Waals surface area contributed by atoms with Crippen molar-refractivity contribution in [2.45, 2.75) is 13.1 Å². The molecule has 0 aromatic carbocycles. The highest BCUT2D eigenvalue weighted by Gasteiger charge is 2.34. The third kappa shape index (κ3) is 5.13. The zero-order valence-corrected chi connectivity index (χ0v) is 18.1.